The summed E-state index contributed by atoms with van der Waals surface area (Å²) in [7, 11) is 0. The summed E-state index contributed by atoms with van der Waals surface area (Å²) in [5.41, 5.74) is 4.85. The number of nitrogens with one attached hydrogen (secondary N) is 1. The van der Waals surface area contributed by atoms with E-state index < -0.39 is 0 Å². The maximum Gasteiger partial charge on any atom is 0.230 e. The highest BCUT2D eigenvalue weighted by Gasteiger charge is 2.60. The smallest absolute Gasteiger partial charge is 0.230 e. The largest absolute Gasteiger partial charge is 0.302 e. The van der Waals surface area contributed by atoms with Gasteiger partial charge in [0.25, 0.3) is 0 Å². The van der Waals surface area contributed by atoms with Gasteiger partial charge in [0.15, 0.2) is 5.13 Å². The Morgan fingerprint density at radius 1 is 1.04 bits per heavy atom. The van der Waals surface area contributed by atoms with E-state index in [1.165, 1.54) is 33.6 Å². The van der Waals surface area contributed by atoms with E-state index in [0.717, 1.165) is 19.3 Å². The minimum Gasteiger partial charge on any atom is -0.302 e. The molecule has 27 heavy (non-hydrogen) atoms. The third-order valence-electron chi connectivity index (χ3n) is 5.69. The molecule has 1 fully saturated rings. The Labute approximate surface area is 164 Å². The van der Waals surface area contributed by atoms with Gasteiger partial charge in [-0.1, -0.05) is 62.4 Å². The number of carbonyl (C=O) groups is 1. The number of carbonyl (C=O) groups excluding carboxylic acids is 1. The zero-order valence-electron chi connectivity index (χ0n) is 15.7. The molecule has 4 heteroatoms. The average molecular weight is 377 g/mol. The van der Waals surface area contributed by atoms with E-state index in [0.29, 0.717) is 5.13 Å². The molecule has 138 valence electrons. The summed E-state index contributed by atoms with van der Waals surface area (Å²) in [6.07, 6.45) is 4.59. The number of aryl methyl sites for hydroxylation is 2. The highest BCUT2D eigenvalue weighted by atomic mass is 32.1. The van der Waals surface area contributed by atoms with E-state index in [9.17, 15) is 4.79 Å². The van der Waals surface area contributed by atoms with Crippen LogP contribution in [0.2, 0.25) is 0 Å². The van der Waals surface area contributed by atoms with Crippen LogP contribution in [0.5, 0.6) is 0 Å². The molecule has 4 rings (SSSR count). The Morgan fingerprint density at radius 2 is 1.59 bits per heavy atom. The molecule has 1 aliphatic rings. The van der Waals surface area contributed by atoms with Gasteiger partial charge in [-0.15, -0.1) is 11.3 Å². The molecular formula is C23H24N2OS. The summed E-state index contributed by atoms with van der Waals surface area (Å²) >= 11 is 1.46. The van der Waals surface area contributed by atoms with Crippen molar-refractivity contribution in [3.63, 3.8) is 0 Å². The van der Waals surface area contributed by atoms with E-state index in [-0.39, 0.29) is 17.2 Å². The SMILES string of the molecule is CCc1ccc(C2(c3ccc(CC)cc3)C[C@@H]2C(=O)Nc2nccs2)cc1. The van der Waals surface area contributed by atoms with Crippen LogP contribution in [0.25, 0.3) is 0 Å². The van der Waals surface area contributed by atoms with E-state index in [4.69, 9.17) is 0 Å². The number of benzene rings is 2. The lowest BCUT2D eigenvalue weighted by Crippen LogP contribution is -2.22. The van der Waals surface area contributed by atoms with Crippen molar-refractivity contribution in [1.82, 2.24) is 4.98 Å². The fourth-order valence-electron chi connectivity index (χ4n) is 3.94. The minimum atomic E-state index is -0.236. The Hall–Kier alpha value is -2.46. The van der Waals surface area contributed by atoms with Gasteiger partial charge in [0.05, 0.1) is 5.92 Å². The molecule has 0 saturated heterocycles. The number of nitrogens with zero attached hydrogens (tertiary/aromatic N) is 1. The zero-order valence-corrected chi connectivity index (χ0v) is 16.6. The van der Waals surface area contributed by atoms with Crippen LogP contribution in [-0.2, 0) is 23.1 Å². The van der Waals surface area contributed by atoms with Gasteiger partial charge < -0.3 is 5.32 Å². The Kier molecular flexibility index (Phi) is 4.83. The number of amides is 1. The summed E-state index contributed by atoms with van der Waals surface area (Å²) in [4.78, 5) is 17.1. The lowest BCUT2D eigenvalue weighted by atomic mass is 9.84. The molecule has 0 radical (unpaired) electrons. The molecule has 1 aromatic heterocycles. The molecule has 2 aromatic carbocycles. The molecule has 3 aromatic rings. The highest BCUT2D eigenvalue weighted by molar-refractivity contribution is 7.13. The van der Waals surface area contributed by atoms with Crippen molar-refractivity contribution in [3.05, 3.63) is 82.4 Å². The third-order valence-corrected chi connectivity index (χ3v) is 6.38. The molecule has 1 N–H and O–H groups in total. The fourth-order valence-corrected chi connectivity index (χ4v) is 4.47. The number of rotatable bonds is 6. The highest BCUT2D eigenvalue weighted by Crippen LogP contribution is 2.59. The van der Waals surface area contributed by atoms with Gasteiger partial charge in [-0.3, -0.25) is 4.79 Å². The second kappa shape index (κ2) is 7.28. The molecule has 1 aliphatic carbocycles. The molecule has 1 atom stereocenters. The summed E-state index contributed by atoms with van der Waals surface area (Å²) in [6, 6.07) is 17.5. The second-order valence-electron chi connectivity index (χ2n) is 7.16. The predicted molar refractivity (Wildman–Crippen MR) is 111 cm³/mol. The molecule has 3 nitrogen and oxygen atoms in total. The first kappa shape index (κ1) is 17.9. The maximum atomic E-state index is 12.9. The predicted octanol–water partition coefficient (Wildman–Crippen LogP) is 5.21. The summed E-state index contributed by atoms with van der Waals surface area (Å²) < 4.78 is 0. The van der Waals surface area contributed by atoms with Crippen LogP contribution in [0, 0.1) is 5.92 Å². The Bertz CT molecular complexity index is 867. The summed E-state index contributed by atoms with van der Waals surface area (Å²) in [6.45, 7) is 4.32. The van der Waals surface area contributed by atoms with Gasteiger partial charge in [-0.2, -0.15) is 0 Å². The third kappa shape index (κ3) is 3.30. The molecule has 0 spiro atoms. The average Bonchev–Trinajstić information content (AvgIpc) is 3.29. The van der Waals surface area contributed by atoms with Crippen molar-refractivity contribution < 1.29 is 4.79 Å². The lowest BCUT2D eigenvalue weighted by Gasteiger charge is -2.20. The Balaban J connectivity index is 1.68. The van der Waals surface area contributed by atoms with Gasteiger partial charge in [0.2, 0.25) is 5.91 Å². The van der Waals surface area contributed by atoms with Crippen LogP contribution >= 0.6 is 11.3 Å². The van der Waals surface area contributed by atoms with Crippen LogP contribution in [-0.4, -0.2) is 10.9 Å². The van der Waals surface area contributed by atoms with Gasteiger partial charge in [-0.05, 0) is 41.5 Å². The number of thiazole rings is 1. The summed E-state index contributed by atoms with van der Waals surface area (Å²) in [5, 5.41) is 5.54. The van der Waals surface area contributed by atoms with E-state index in [1.54, 1.807) is 6.20 Å². The fraction of sp³-hybridized carbons (Fsp3) is 0.304. The standard InChI is InChI=1S/C23H24N2OS/c1-3-16-5-9-18(10-6-16)23(19-11-7-17(4-2)8-12-19)15-20(23)21(26)25-22-24-13-14-27-22/h5-14,20H,3-4,15H2,1-2H3,(H,24,25,26)/t20-/m1/s1. The summed E-state index contributed by atoms with van der Waals surface area (Å²) in [5.74, 6) is -0.00885. The first-order chi connectivity index (χ1) is 13.2. The van der Waals surface area contributed by atoms with E-state index in [1.807, 2.05) is 5.38 Å². The molecular weight excluding hydrogens is 352 g/mol. The number of anilines is 1. The van der Waals surface area contributed by atoms with E-state index in [2.05, 4.69) is 72.7 Å². The lowest BCUT2D eigenvalue weighted by molar-refractivity contribution is -0.117. The van der Waals surface area contributed by atoms with Crippen LogP contribution in [0.4, 0.5) is 5.13 Å². The minimum absolute atomic E-state index is 0.0593. The van der Waals surface area contributed by atoms with Gasteiger partial charge in [-0.25, -0.2) is 4.98 Å². The van der Waals surface area contributed by atoms with Crippen molar-refractivity contribution in [1.29, 1.82) is 0 Å². The first-order valence-corrected chi connectivity index (χ1v) is 10.4. The van der Waals surface area contributed by atoms with Crippen LogP contribution in [0.1, 0.15) is 42.5 Å². The van der Waals surface area contributed by atoms with Gasteiger partial charge in [0.1, 0.15) is 0 Å². The zero-order chi connectivity index (χ0) is 18.9. The molecule has 1 saturated carbocycles. The van der Waals surface area contributed by atoms with Crippen LogP contribution < -0.4 is 5.32 Å². The van der Waals surface area contributed by atoms with Crippen LogP contribution in [0.3, 0.4) is 0 Å². The second-order valence-corrected chi connectivity index (χ2v) is 8.05. The van der Waals surface area contributed by atoms with Crippen molar-refractivity contribution in [2.45, 2.75) is 38.5 Å². The van der Waals surface area contributed by atoms with Gasteiger partial charge >= 0.3 is 0 Å². The monoisotopic (exact) mass is 376 g/mol. The quantitative estimate of drug-likeness (QED) is 0.641. The number of hydrogen-bond donors (Lipinski definition) is 1. The van der Waals surface area contributed by atoms with Crippen molar-refractivity contribution in [3.8, 4) is 0 Å². The van der Waals surface area contributed by atoms with Crippen molar-refractivity contribution >= 4 is 22.4 Å². The number of aromatic nitrogens is 1. The molecule has 1 amide bonds. The van der Waals surface area contributed by atoms with Gasteiger partial charge in [0, 0.05) is 17.0 Å². The normalized spacial score (nSPS) is 17.5. The van der Waals surface area contributed by atoms with Crippen molar-refractivity contribution in [2.24, 2.45) is 5.92 Å². The first-order valence-electron chi connectivity index (χ1n) is 9.56. The molecule has 0 aliphatic heterocycles. The number of hydrogen-bond acceptors (Lipinski definition) is 3. The maximum absolute atomic E-state index is 12.9. The van der Waals surface area contributed by atoms with E-state index >= 15 is 0 Å². The molecule has 0 bridgehead atoms. The topological polar surface area (TPSA) is 42.0 Å². The van der Waals surface area contributed by atoms with Crippen molar-refractivity contribution in [2.75, 3.05) is 5.32 Å². The Morgan fingerprint density at radius 3 is 2.04 bits per heavy atom. The van der Waals surface area contributed by atoms with Crippen LogP contribution in [0.15, 0.2) is 60.1 Å². The molecule has 0 unspecified atom stereocenters. The molecule has 1 heterocycles.